The molecule has 0 aromatic heterocycles. The quantitative estimate of drug-likeness (QED) is 0.0491. The number of hydrogen-bond acceptors (Lipinski definition) is 3. The molecule has 0 aliphatic rings. The van der Waals surface area contributed by atoms with E-state index in [4.69, 9.17) is 9.84 Å². The van der Waals surface area contributed by atoms with Crippen molar-refractivity contribution in [1.29, 1.82) is 0 Å². The van der Waals surface area contributed by atoms with Crippen LogP contribution in [0.3, 0.4) is 0 Å². The fourth-order valence-electron chi connectivity index (χ4n) is 5.25. The van der Waals surface area contributed by atoms with Gasteiger partial charge in [-0.3, -0.25) is 9.59 Å². The Morgan fingerprint density at radius 2 is 1.02 bits per heavy atom. The summed E-state index contributed by atoms with van der Waals surface area (Å²) in [4.78, 5) is 23.2. The molecule has 0 heterocycles. The van der Waals surface area contributed by atoms with E-state index < -0.39 is 5.97 Å². The Hall–Kier alpha value is -1.58. The predicted molar refractivity (Wildman–Crippen MR) is 176 cm³/mol. The maximum absolute atomic E-state index is 12.5. The minimum absolute atomic E-state index is 0.0771. The molecule has 1 unspecified atom stereocenters. The van der Waals surface area contributed by atoms with Crippen molar-refractivity contribution in [2.45, 2.75) is 200 Å². The maximum atomic E-state index is 12.5. The van der Waals surface area contributed by atoms with E-state index in [9.17, 15) is 9.59 Å². The van der Waals surface area contributed by atoms with Crippen LogP contribution in [-0.2, 0) is 14.3 Å². The van der Waals surface area contributed by atoms with Crippen molar-refractivity contribution in [3.8, 4) is 0 Å². The lowest BCUT2D eigenvalue weighted by Crippen LogP contribution is -2.16. The number of esters is 1. The Morgan fingerprint density at radius 1 is 0.561 bits per heavy atom. The third-order valence-corrected chi connectivity index (χ3v) is 7.91. The molecule has 0 aliphatic carbocycles. The topological polar surface area (TPSA) is 63.6 Å². The zero-order valence-corrected chi connectivity index (χ0v) is 27.4. The second kappa shape index (κ2) is 32.9. The monoisotopic (exact) mass is 577 g/mol. The van der Waals surface area contributed by atoms with E-state index in [0.717, 1.165) is 57.8 Å². The normalized spacial score (nSPS) is 12.4. The van der Waals surface area contributed by atoms with Gasteiger partial charge >= 0.3 is 11.9 Å². The highest BCUT2D eigenvalue weighted by molar-refractivity contribution is 5.69. The van der Waals surface area contributed by atoms with Gasteiger partial charge in [-0.25, -0.2) is 0 Å². The molecule has 4 nitrogen and oxygen atoms in total. The van der Waals surface area contributed by atoms with Crippen LogP contribution in [0.2, 0.25) is 0 Å². The van der Waals surface area contributed by atoms with Crippen molar-refractivity contribution in [3.05, 3.63) is 24.3 Å². The molecule has 1 N–H and O–H groups in total. The number of ether oxygens (including phenoxy) is 1. The summed E-state index contributed by atoms with van der Waals surface area (Å²) in [6, 6.07) is 0. The summed E-state index contributed by atoms with van der Waals surface area (Å²) in [5.41, 5.74) is 0. The first-order valence-electron chi connectivity index (χ1n) is 17.8. The van der Waals surface area contributed by atoms with E-state index in [1.54, 1.807) is 0 Å². The van der Waals surface area contributed by atoms with E-state index in [1.807, 2.05) is 0 Å². The van der Waals surface area contributed by atoms with Gasteiger partial charge in [-0.1, -0.05) is 154 Å². The standard InChI is InChI=1S/C37H68O4/c1-3-5-7-9-11-13-14-15-16-17-18-20-22-24-30-34-37(40)41-35(32-28-25-26-29-33-36(38)39)31-27-23-21-19-12-10-8-6-4-2/h19,21,27,31,35H,3-18,20,22-26,28-30,32-34H2,1-2H3,(H,38,39)/b21-19-,31-27-. The van der Waals surface area contributed by atoms with E-state index in [2.05, 4.69) is 38.2 Å². The van der Waals surface area contributed by atoms with Gasteiger partial charge in [0, 0.05) is 12.8 Å². The van der Waals surface area contributed by atoms with Crippen LogP contribution in [-0.4, -0.2) is 23.1 Å². The van der Waals surface area contributed by atoms with Crippen LogP contribution < -0.4 is 0 Å². The average Bonchev–Trinajstić information content (AvgIpc) is 2.95. The zero-order chi connectivity index (χ0) is 30.1. The summed E-state index contributed by atoms with van der Waals surface area (Å²) < 4.78 is 5.84. The molecule has 0 rings (SSSR count). The molecular formula is C37H68O4. The van der Waals surface area contributed by atoms with Crippen LogP contribution in [0.1, 0.15) is 194 Å². The Balaban J connectivity index is 4.03. The molecule has 0 saturated carbocycles. The highest BCUT2D eigenvalue weighted by atomic mass is 16.5. The smallest absolute Gasteiger partial charge is 0.306 e. The fraction of sp³-hybridized carbons (Fsp3) is 0.838. The third-order valence-electron chi connectivity index (χ3n) is 7.91. The van der Waals surface area contributed by atoms with Gasteiger partial charge < -0.3 is 9.84 Å². The van der Waals surface area contributed by atoms with E-state index in [0.29, 0.717) is 6.42 Å². The predicted octanol–water partition coefficient (Wildman–Crippen LogP) is 12.1. The van der Waals surface area contributed by atoms with Crippen LogP contribution in [0.25, 0.3) is 0 Å². The van der Waals surface area contributed by atoms with Gasteiger partial charge in [0.2, 0.25) is 0 Å². The molecule has 0 amide bonds. The number of rotatable bonds is 32. The molecule has 41 heavy (non-hydrogen) atoms. The lowest BCUT2D eigenvalue weighted by atomic mass is 10.0. The first-order valence-corrected chi connectivity index (χ1v) is 17.8. The zero-order valence-electron chi connectivity index (χ0n) is 27.4. The van der Waals surface area contributed by atoms with Crippen molar-refractivity contribution < 1.29 is 19.4 Å². The number of carboxylic acid groups (broad SMARTS) is 1. The van der Waals surface area contributed by atoms with E-state index in [1.165, 1.54) is 109 Å². The summed E-state index contributed by atoms with van der Waals surface area (Å²) >= 11 is 0. The molecule has 0 radical (unpaired) electrons. The highest BCUT2D eigenvalue weighted by Crippen LogP contribution is 2.16. The third kappa shape index (κ3) is 32.8. The number of aliphatic carboxylic acids is 1. The van der Waals surface area contributed by atoms with E-state index >= 15 is 0 Å². The second-order valence-electron chi connectivity index (χ2n) is 12.1. The lowest BCUT2D eigenvalue weighted by Gasteiger charge is -2.14. The van der Waals surface area contributed by atoms with Gasteiger partial charge in [-0.05, 0) is 51.0 Å². The summed E-state index contributed by atoms with van der Waals surface area (Å²) in [5.74, 6) is -0.802. The van der Waals surface area contributed by atoms with Crippen LogP contribution in [0.4, 0.5) is 0 Å². The molecule has 0 fully saturated rings. The second-order valence-corrected chi connectivity index (χ2v) is 12.1. The SMILES string of the molecule is CCCCCC/C=C\C/C=C\C(CCCCCCC(=O)O)OC(=O)CCCCCCCCCCCCCCCCC. The van der Waals surface area contributed by atoms with Gasteiger partial charge in [-0.15, -0.1) is 0 Å². The van der Waals surface area contributed by atoms with Gasteiger partial charge in [0.25, 0.3) is 0 Å². The molecular weight excluding hydrogens is 508 g/mol. The van der Waals surface area contributed by atoms with Crippen molar-refractivity contribution in [3.63, 3.8) is 0 Å². The van der Waals surface area contributed by atoms with Gasteiger partial charge in [-0.2, -0.15) is 0 Å². The number of unbranched alkanes of at least 4 members (excludes halogenated alkanes) is 21. The Morgan fingerprint density at radius 3 is 1.56 bits per heavy atom. The van der Waals surface area contributed by atoms with E-state index in [-0.39, 0.29) is 18.5 Å². The van der Waals surface area contributed by atoms with Gasteiger partial charge in [0.15, 0.2) is 0 Å². The molecule has 240 valence electrons. The van der Waals surface area contributed by atoms with Crippen molar-refractivity contribution in [2.24, 2.45) is 0 Å². The Kier molecular flexibility index (Phi) is 31.7. The molecule has 0 aromatic rings. The van der Waals surface area contributed by atoms with Gasteiger partial charge in [0.1, 0.15) is 6.10 Å². The Labute approximate surface area is 255 Å². The number of carbonyl (C=O) groups is 2. The number of hydrogen-bond donors (Lipinski definition) is 1. The van der Waals surface area contributed by atoms with Crippen molar-refractivity contribution >= 4 is 11.9 Å². The summed E-state index contributed by atoms with van der Waals surface area (Å²) in [6.45, 7) is 4.51. The molecule has 0 bridgehead atoms. The maximum Gasteiger partial charge on any atom is 0.306 e. The van der Waals surface area contributed by atoms with Crippen LogP contribution >= 0.6 is 0 Å². The number of allylic oxidation sites excluding steroid dienone is 3. The van der Waals surface area contributed by atoms with Gasteiger partial charge in [0.05, 0.1) is 0 Å². The molecule has 4 heteroatoms. The lowest BCUT2D eigenvalue weighted by molar-refractivity contribution is -0.147. The minimum atomic E-state index is -0.725. The van der Waals surface area contributed by atoms with Crippen molar-refractivity contribution in [2.75, 3.05) is 0 Å². The van der Waals surface area contributed by atoms with Crippen molar-refractivity contribution in [1.82, 2.24) is 0 Å². The van der Waals surface area contributed by atoms with Crippen LogP contribution in [0.15, 0.2) is 24.3 Å². The largest absolute Gasteiger partial charge is 0.481 e. The fourth-order valence-corrected chi connectivity index (χ4v) is 5.25. The number of carboxylic acids is 1. The Bertz CT molecular complexity index is 624. The molecule has 0 aromatic carbocycles. The number of carbonyl (C=O) groups excluding carboxylic acids is 1. The van der Waals surface area contributed by atoms with Crippen LogP contribution in [0, 0.1) is 0 Å². The first-order chi connectivity index (χ1) is 20.1. The summed E-state index contributed by atoms with van der Waals surface area (Å²) in [6.07, 6.45) is 40.6. The average molecular weight is 577 g/mol. The molecule has 1 atom stereocenters. The first kappa shape index (κ1) is 39.4. The molecule has 0 saturated heterocycles. The van der Waals surface area contributed by atoms with Crippen LogP contribution in [0.5, 0.6) is 0 Å². The highest BCUT2D eigenvalue weighted by Gasteiger charge is 2.11. The summed E-state index contributed by atoms with van der Waals surface area (Å²) in [5, 5.41) is 8.80. The minimum Gasteiger partial charge on any atom is -0.481 e. The summed E-state index contributed by atoms with van der Waals surface area (Å²) in [7, 11) is 0. The molecule has 0 spiro atoms. The molecule has 0 aliphatic heterocycles.